The van der Waals surface area contributed by atoms with Crippen molar-refractivity contribution in [2.45, 2.75) is 30.3 Å². The van der Waals surface area contributed by atoms with E-state index in [9.17, 15) is 13.2 Å². The largest absolute Gasteiger partial charge is 0.481 e. The van der Waals surface area contributed by atoms with Crippen LogP contribution in [0.5, 0.6) is 0 Å². The Morgan fingerprint density at radius 1 is 1.53 bits per heavy atom. The molecule has 1 fully saturated rings. The molecule has 1 aliphatic rings. The number of sulfonamides is 1. The maximum atomic E-state index is 11.8. The smallest absolute Gasteiger partial charge is 0.308 e. The number of imidazole rings is 1. The van der Waals surface area contributed by atoms with Crippen molar-refractivity contribution in [2.75, 3.05) is 0 Å². The summed E-state index contributed by atoms with van der Waals surface area (Å²) in [6, 6.07) is -0.541. The molecule has 1 saturated carbocycles. The highest BCUT2D eigenvalue weighted by atomic mass is 32.2. The molecule has 1 aromatic rings. The van der Waals surface area contributed by atoms with Crippen LogP contribution in [0.3, 0.4) is 0 Å². The number of carboxylic acid groups (broad SMARTS) is 1. The SMILES string of the molecule is O=C(O)C1CCCC1NS(=O)(=O)c1cnc[nH]1. The highest BCUT2D eigenvalue weighted by Crippen LogP contribution is 2.26. The zero-order valence-corrected chi connectivity index (χ0v) is 9.77. The molecule has 0 saturated heterocycles. The fourth-order valence-corrected chi connectivity index (χ4v) is 3.26. The lowest BCUT2D eigenvalue weighted by molar-refractivity contribution is -0.141. The van der Waals surface area contributed by atoms with Crippen LogP contribution in [0.25, 0.3) is 0 Å². The van der Waals surface area contributed by atoms with E-state index < -0.39 is 28.0 Å². The third-order valence-corrected chi connectivity index (χ3v) is 4.32. The van der Waals surface area contributed by atoms with Gasteiger partial charge in [-0.2, -0.15) is 0 Å². The number of rotatable bonds is 4. The molecule has 7 nitrogen and oxygen atoms in total. The second-order valence-electron chi connectivity index (χ2n) is 4.02. The van der Waals surface area contributed by atoms with Crippen LogP contribution in [0.2, 0.25) is 0 Å². The first-order valence-electron chi connectivity index (χ1n) is 5.24. The van der Waals surface area contributed by atoms with Crippen LogP contribution in [-0.4, -0.2) is 35.5 Å². The zero-order valence-electron chi connectivity index (χ0n) is 8.96. The number of aromatic nitrogens is 2. The molecule has 0 aromatic carbocycles. The van der Waals surface area contributed by atoms with Crippen LogP contribution >= 0.6 is 0 Å². The third-order valence-electron chi connectivity index (χ3n) is 2.90. The number of carbonyl (C=O) groups is 1. The summed E-state index contributed by atoms with van der Waals surface area (Å²) in [6.07, 6.45) is 4.22. The average molecular weight is 259 g/mol. The van der Waals surface area contributed by atoms with E-state index in [-0.39, 0.29) is 5.03 Å². The van der Waals surface area contributed by atoms with Crippen molar-refractivity contribution in [2.24, 2.45) is 5.92 Å². The second kappa shape index (κ2) is 4.46. The summed E-state index contributed by atoms with van der Waals surface area (Å²) >= 11 is 0. The molecule has 1 heterocycles. The van der Waals surface area contributed by atoms with E-state index >= 15 is 0 Å². The number of H-pyrrole nitrogens is 1. The number of hydrogen-bond donors (Lipinski definition) is 3. The molecule has 0 spiro atoms. The minimum absolute atomic E-state index is 0.0476. The minimum Gasteiger partial charge on any atom is -0.481 e. The van der Waals surface area contributed by atoms with Crippen LogP contribution in [0.1, 0.15) is 19.3 Å². The Morgan fingerprint density at radius 2 is 2.29 bits per heavy atom. The average Bonchev–Trinajstić information content (AvgIpc) is 2.85. The lowest BCUT2D eigenvalue weighted by atomic mass is 10.1. The molecule has 0 radical (unpaired) electrons. The monoisotopic (exact) mass is 259 g/mol. The number of aliphatic carboxylic acids is 1. The van der Waals surface area contributed by atoms with Gasteiger partial charge in [0, 0.05) is 6.04 Å². The maximum absolute atomic E-state index is 11.8. The van der Waals surface area contributed by atoms with Gasteiger partial charge in [-0.25, -0.2) is 18.1 Å². The van der Waals surface area contributed by atoms with E-state index in [1.165, 1.54) is 12.5 Å². The van der Waals surface area contributed by atoms with Crippen LogP contribution in [0.4, 0.5) is 0 Å². The van der Waals surface area contributed by atoms with Gasteiger partial charge in [0.15, 0.2) is 5.03 Å². The standard InChI is InChI=1S/C9H13N3O4S/c13-9(14)6-2-1-3-7(6)12-17(15,16)8-4-10-5-11-8/h4-7,12H,1-3H2,(H,10,11)(H,13,14). The third kappa shape index (κ3) is 2.47. The van der Waals surface area contributed by atoms with E-state index in [0.29, 0.717) is 19.3 Å². The fraction of sp³-hybridized carbons (Fsp3) is 0.556. The van der Waals surface area contributed by atoms with Gasteiger partial charge in [0.05, 0.1) is 18.4 Å². The van der Waals surface area contributed by atoms with Gasteiger partial charge in [-0.3, -0.25) is 4.79 Å². The predicted molar refractivity (Wildman–Crippen MR) is 57.7 cm³/mol. The molecule has 8 heteroatoms. The molecule has 2 rings (SSSR count). The highest BCUT2D eigenvalue weighted by molar-refractivity contribution is 7.89. The molecule has 2 unspecified atom stereocenters. The number of nitrogens with one attached hydrogen (secondary N) is 2. The van der Waals surface area contributed by atoms with Gasteiger partial charge < -0.3 is 10.1 Å². The molecule has 1 aromatic heterocycles. The van der Waals surface area contributed by atoms with Gasteiger partial charge in [-0.15, -0.1) is 0 Å². The topological polar surface area (TPSA) is 112 Å². The molecular weight excluding hydrogens is 246 g/mol. The van der Waals surface area contributed by atoms with Crippen molar-refractivity contribution < 1.29 is 18.3 Å². The molecule has 0 amide bonds. The van der Waals surface area contributed by atoms with Crippen LogP contribution in [0, 0.1) is 5.92 Å². The summed E-state index contributed by atoms with van der Waals surface area (Å²) in [4.78, 5) is 17.0. The summed E-state index contributed by atoms with van der Waals surface area (Å²) in [5, 5.41) is 8.91. The molecule has 0 bridgehead atoms. The Morgan fingerprint density at radius 3 is 2.88 bits per heavy atom. The van der Waals surface area contributed by atoms with Crippen molar-refractivity contribution >= 4 is 16.0 Å². The van der Waals surface area contributed by atoms with Gasteiger partial charge in [0.25, 0.3) is 10.0 Å². The van der Waals surface area contributed by atoms with Crippen molar-refractivity contribution in [1.29, 1.82) is 0 Å². The second-order valence-corrected chi connectivity index (χ2v) is 5.70. The molecule has 3 N–H and O–H groups in total. The molecule has 94 valence electrons. The molecular formula is C9H13N3O4S. The predicted octanol–water partition coefficient (Wildman–Crippen LogP) is -0.0587. The molecule has 2 atom stereocenters. The number of nitrogens with zero attached hydrogens (tertiary/aromatic N) is 1. The van der Waals surface area contributed by atoms with E-state index in [4.69, 9.17) is 5.11 Å². The lowest BCUT2D eigenvalue weighted by Crippen LogP contribution is -2.40. The Bertz CT molecular complexity index is 496. The maximum Gasteiger partial charge on any atom is 0.308 e. The van der Waals surface area contributed by atoms with Crippen molar-refractivity contribution in [3.05, 3.63) is 12.5 Å². The summed E-state index contributed by atoms with van der Waals surface area (Å²) in [6.45, 7) is 0. The number of hydrogen-bond acceptors (Lipinski definition) is 4. The zero-order chi connectivity index (χ0) is 12.5. The number of aromatic amines is 1. The Labute approximate surface area is 98.3 Å². The summed E-state index contributed by atoms with van der Waals surface area (Å²) in [5.41, 5.74) is 0. The van der Waals surface area contributed by atoms with E-state index in [1.54, 1.807) is 0 Å². The van der Waals surface area contributed by atoms with Crippen LogP contribution < -0.4 is 4.72 Å². The van der Waals surface area contributed by atoms with E-state index in [1.807, 2.05) is 0 Å². The normalized spacial score (nSPS) is 24.9. The summed E-state index contributed by atoms with van der Waals surface area (Å²) < 4.78 is 26.1. The number of carboxylic acids is 1. The minimum atomic E-state index is -3.70. The molecule has 1 aliphatic carbocycles. The van der Waals surface area contributed by atoms with Gasteiger partial charge in [-0.1, -0.05) is 6.42 Å². The Kier molecular flexibility index (Phi) is 3.16. The first-order chi connectivity index (χ1) is 8.00. The van der Waals surface area contributed by atoms with Gasteiger partial charge in [-0.05, 0) is 12.8 Å². The first kappa shape index (κ1) is 12.1. The van der Waals surface area contributed by atoms with Crippen molar-refractivity contribution in [3.63, 3.8) is 0 Å². The van der Waals surface area contributed by atoms with Gasteiger partial charge in [0.1, 0.15) is 0 Å². The first-order valence-corrected chi connectivity index (χ1v) is 6.72. The molecule has 0 aliphatic heterocycles. The highest BCUT2D eigenvalue weighted by Gasteiger charge is 2.36. The quantitative estimate of drug-likeness (QED) is 0.701. The lowest BCUT2D eigenvalue weighted by Gasteiger charge is -2.16. The van der Waals surface area contributed by atoms with E-state index in [2.05, 4.69) is 14.7 Å². The summed E-state index contributed by atoms with van der Waals surface area (Å²) in [7, 11) is -3.70. The van der Waals surface area contributed by atoms with Crippen molar-refractivity contribution in [3.8, 4) is 0 Å². The molecule has 17 heavy (non-hydrogen) atoms. The van der Waals surface area contributed by atoms with E-state index in [0.717, 1.165) is 0 Å². The Hall–Kier alpha value is -1.41. The summed E-state index contributed by atoms with van der Waals surface area (Å²) in [5.74, 6) is -1.60. The fourth-order valence-electron chi connectivity index (χ4n) is 2.05. The van der Waals surface area contributed by atoms with Gasteiger partial charge >= 0.3 is 5.97 Å². The van der Waals surface area contributed by atoms with Crippen LogP contribution in [-0.2, 0) is 14.8 Å². The van der Waals surface area contributed by atoms with Crippen molar-refractivity contribution in [1.82, 2.24) is 14.7 Å². The Balaban J connectivity index is 2.14. The van der Waals surface area contributed by atoms with Crippen LogP contribution in [0.15, 0.2) is 17.6 Å². The van der Waals surface area contributed by atoms with Gasteiger partial charge in [0.2, 0.25) is 0 Å².